The van der Waals surface area contributed by atoms with Gasteiger partial charge in [-0.25, -0.2) is 0 Å². The van der Waals surface area contributed by atoms with Crippen LogP contribution in [0, 0.1) is 0 Å². The lowest BCUT2D eigenvalue weighted by Gasteiger charge is -2.30. The number of carbonyl (C=O) groups excluding carboxylic acids is 1. The number of nitrogens with zero attached hydrogens (tertiary/aromatic N) is 3. The van der Waals surface area contributed by atoms with Gasteiger partial charge in [0.1, 0.15) is 5.75 Å². The Balaban J connectivity index is 1.53. The van der Waals surface area contributed by atoms with Gasteiger partial charge in [-0.3, -0.25) is 4.79 Å². The average molecular weight is 372 g/mol. The van der Waals surface area contributed by atoms with Crippen LogP contribution in [-0.4, -0.2) is 47.7 Å². The van der Waals surface area contributed by atoms with Gasteiger partial charge in [0.15, 0.2) is 0 Å². The van der Waals surface area contributed by atoms with Gasteiger partial charge in [-0.05, 0) is 44.4 Å². The molecule has 2 heterocycles. The topological polar surface area (TPSA) is 94.5 Å². The second-order valence-corrected chi connectivity index (χ2v) is 6.94. The molecule has 3 rings (SSSR count). The van der Waals surface area contributed by atoms with E-state index >= 15 is 0 Å². The summed E-state index contributed by atoms with van der Waals surface area (Å²) in [7, 11) is 1.63. The Hall–Kier alpha value is -2.41. The van der Waals surface area contributed by atoms with Crippen molar-refractivity contribution in [1.29, 1.82) is 0 Å². The number of hydrogen-bond acceptors (Lipinski definition) is 6. The number of methoxy groups -OCH3 is 1. The molecule has 7 heteroatoms. The van der Waals surface area contributed by atoms with Crippen LogP contribution < -0.4 is 10.5 Å². The molecule has 0 bridgehead atoms. The molecule has 0 spiro atoms. The first-order chi connectivity index (χ1) is 13.2. The van der Waals surface area contributed by atoms with Crippen molar-refractivity contribution in [3.63, 3.8) is 0 Å². The number of hydrogen-bond donors (Lipinski definition) is 1. The summed E-state index contributed by atoms with van der Waals surface area (Å²) < 4.78 is 10.7. The van der Waals surface area contributed by atoms with Crippen LogP contribution in [0.5, 0.6) is 5.75 Å². The van der Waals surface area contributed by atoms with Crippen molar-refractivity contribution >= 4 is 5.91 Å². The lowest BCUT2D eigenvalue weighted by molar-refractivity contribution is -0.132. The second-order valence-electron chi connectivity index (χ2n) is 6.94. The predicted molar refractivity (Wildman–Crippen MR) is 102 cm³/mol. The van der Waals surface area contributed by atoms with Crippen molar-refractivity contribution in [1.82, 2.24) is 15.0 Å². The predicted octanol–water partition coefficient (Wildman–Crippen LogP) is 2.97. The fourth-order valence-electron chi connectivity index (χ4n) is 3.41. The average Bonchev–Trinajstić information content (AvgIpc) is 3.21. The smallest absolute Gasteiger partial charge is 0.230 e. The van der Waals surface area contributed by atoms with Crippen LogP contribution in [0.3, 0.4) is 0 Å². The monoisotopic (exact) mass is 372 g/mol. The summed E-state index contributed by atoms with van der Waals surface area (Å²) in [4.78, 5) is 18.8. The SMILES string of the molecule is COc1cccc(-c2noc(C3CCN(C(=O)CCCCCN)CC3)n2)c1. The molecule has 2 aromatic rings. The highest BCUT2D eigenvalue weighted by Crippen LogP contribution is 2.29. The molecule has 0 radical (unpaired) electrons. The van der Waals surface area contributed by atoms with Crippen LogP contribution in [0.4, 0.5) is 0 Å². The number of piperidine rings is 1. The molecule has 1 saturated heterocycles. The first kappa shape index (κ1) is 19.4. The third-order valence-corrected chi connectivity index (χ3v) is 5.06. The molecular weight excluding hydrogens is 344 g/mol. The van der Waals surface area contributed by atoms with Crippen LogP contribution in [0.1, 0.15) is 50.3 Å². The molecule has 0 aliphatic carbocycles. The standard InChI is InChI=1S/C20H28N4O3/c1-26-17-7-5-6-16(14-17)19-22-20(27-23-19)15-9-12-24(13-10-15)18(25)8-3-2-4-11-21/h5-7,14-15H,2-4,8-13,21H2,1H3. The molecule has 0 saturated carbocycles. The van der Waals surface area contributed by atoms with Crippen LogP contribution >= 0.6 is 0 Å². The number of aromatic nitrogens is 2. The molecule has 0 atom stereocenters. The van der Waals surface area contributed by atoms with Crippen molar-refractivity contribution in [2.75, 3.05) is 26.7 Å². The molecule has 2 N–H and O–H groups in total. The van der Waals surface area contributed by atoms with Gasteiger partial charge in [0, 0.05) is 31.0 Å². The maximum Gasteiger partial charge on any atom is 0.230 e. The summed E-state index contributed by atoms with van der Waals surface area (Å²) in [6.07, 6.45) is 5.26. The summed E-state index contributed by atoms with van der Waals surface area (Å²) in [5.74, 6) is 2.44. The number of nitrogens with two attached hydrogens (primary N) is 1. The van der Waals surface area contributed by atoms with E-state index in [1.165, 1.54) is 0 Å². The van der Waals surface area contributed by atoms with Gasteiger partial charge in [-0.1, -0.05) is 23.7 Å². The Bertz CT molecular complexity index is 738. The van der Waals surface area contributed by atoms with Crippen LogP contribution in [0.25, 0.3) is 11.4 Å². The first-order valence-corrected chi connectivity index (χ1v) is 9.67. The normalized spacial score (nSPS) is 15.1. The number of carbonyl (C=O) groups is 1. The quantitative estimate of drug-likeness (QED) is 0.716. The van der Waals surface area contributed by atoms with E-state index < -0.39 is 0 Å². The molecule has 1 aliphatic rings. The Morgan fingerprint density at radius 2 is 2.11 bits per heavy atom. The molecule has 1 fully saturated rings. The summed E-state index contributed by atoms with van der Waals surface area (Å²) in [6.45, 7) is 2.19. The minimum Gasteiger partial charge on any atom is -0.497 e. The van der Waals surface area contributed by atoms with E-state index in [2.05, 4.69) is 10.1 Å². The van der Waals surface area contributed by atoms with Gasteiger partial charge in [0.25, 0.3) is 0 Å². The fourth-order valence-corrected chi connectivity index (χ4v) is 3.41. The number of ether oxygens (including phenoxy) is 1. The molecule has 0 unspecified atom stereocenters. The Morgan fingerprint density at radius 3 is 2.85 bits per heavy atom. The van der Waals surface area contributed by atoms with E-state index in [0.29, 0.717) is 24.7 Å². The van der Waals surface area contributed by atoms with E-state index in [4.69, 9.17) is 15.0 Å². The number of likely N-dealkylation sites (tertiary alicyclic amines) is 1. The maximum absolute atomic E-state index is 12.3. The van der Waals surface area contributed by atoms with Crippen LogP contribution in [-0.2, 0) is 4.79 Å². The highest BCUT2D eigenvalue weighted by atomic mass is 16.5. The minimum absolute atomic E-state index is 0.207. The summed E-state index contributed by atoms with van der Waals surface area (Å²) >= 11 is 0. The number of unbranched alkanes of at least 4 members (excludes halogenated alkanes) is 2. The van der Waals surface area contributed by atoms with Gasteiger partial charge >= 0.3 is 0 Å². The summed E-state index contributed by atoms with van der Waals surface area (Å²) in [5, 5.41) is 4.12. The zero-order chi connectivity index (χ0) is 19.1. The first-order valence-electron chi connectivity index (χ1n) is 9.67. The van der Waals surface area contributed by atoms with E-state index in [1.54, 1.807) is 7.11 Å². The van der Waals surface area contributed by atoms with Crippen molar-refractivity contribution < 1.29 is 14.1 Å². The molecular formula is C20H28N4O3. The molecule has 27 heavy (non-hydrogen) atoms. The molecule has 1 aromatic heterocycles. The molecule has 146 valence electrons. The Labute approximate surface area is 159 Å². The van der Waals surface area contributed by atoms with E-state index in [9.17, 15) is 4.79 Å². The van der Waals surface area contributed by atoms with Crippen molar-refractivity contribution in [2.45, 2.75) is 44.4 Å². The van der Waals surface area contributed by atoms with Gasteiger partial charge in [-0.2, -0.15) is 4.98 Å². The minimum atomic E-state index is 0.207. The zero-order valence-electron chi connectivity index (χ0n) is 15.9. The zero-order valence-corrected chi connectivity index (χ0v) is 15.9. The van der Waals surface area contributed by atoms with Crippen molar-refractivity contribution in [2.24, 2.45) is 5.73 Å². The Kier molecular flexibility index (Phi) is 6.81. The lowest BCUT2D eigenvalue weighted by atomic mass is 9.96. The summed E-state index contributed by atoms with van der Waals surface area (Å²) in [6, 6.07) is 7.61. The van der Waals surface area contributed by atoms with Gasteiger partial charge in [0.05, 0.1) is 7.11 Å². The molecule has 7 nitrogen and oxygen atoms in total. The highest BCUT2D eigenvalue weighted by Gasteiger charge is 2.27. The third-order valence-electron chi connectivity index (χ3n) is 5.06. The lowest BCUT2D eigenvalue weighted by Crippen LogP contribution is -2.37. The van der Waals surface area contributed by atoms with E-state index in [0.717, 1.165) is 56.5 Å². The number of benzene rings is 1. The molecule has 1 amide bonds. The van der Waals surface area contributed by atoms with E-state index in [1.807, 2.05) is 29.2 Å². The van der Waals surface area contributed by atoms with Crippen LogP contribution in [0.2, 0.25) is 0 Å². The third kappa shape index (κ3) is 5.07. The van der Waals surface area contributed by atoms with Gasteiger partial charge in [0.2, 0.25) is 17.6 Å². The number of rotatable bonds is 8. The second kappa shape index (κ2) is 9.50. The molecule has 1 aromatic carbocycles. The van der Waals surface area contributed by atoms with Gasteiger partial charge < -0.3 is 19.9 Å². The van der Waals surface area contributed by atoms with Crippen molar-refractivity contribution in [3.05, 3.63) is 30.2 Å². The van der Waals surface area contributed by atoms with Gasteiger partial charge in [-0.15, -0.1) is 0 Å². The highest BCUT2D eigenvalue weighted by molar-refractivity contribution is 5.76. The Morgan fingerprint density at radius 1 is 1.30 bits per heavy atom. The summed E-state index contributed by atoms with van der Waals surface area (Å²) in [5.41, 5.74) is 6.36. The van der Waals surface area contributed by atoms with Crippen molar-refractivity contribution in [3.8, 4) is 17.1 Å². The maximum atomic E-state index is 12.3. The van der Waals surface area contributed by atoms with Crippen LogP contribution in [0.15, 0.2) is 28.8 Å². The number of amides is 1. The van der Waals surface area contributed by atoms with E-state index in [-0.39, 0.29) is 11.8 Å². The largest absolute Gasteiger partial charge is 0.497 e. The fraction of sp³-hybridized carbons (Fsp3) is 0.550. The molecule has 1 aliphatic heterocycles.